The summed E-state index contributed by atoms with van der Waals surface area (Å²) in [5.74, 6) is -0.0708. The maximum atomic E-state index is 12.2. The fraction of sp³-hybridized carbons (Fsp3) is 0.529. The van der Waals surface area contributed by atoms with Crippen LogP contribution in [0, 0.1) is 5.92 Å². The van der Waals surface area contributed by atoms with Crippen molar-refractivity contribution in [2.24, 2.45) is 5.92 Å². The molecule has 1 aromatic rings. The number of urea groups is 1. The molecule has 132 valence electrons. The molecule has 3 amide bonds. The van der Waals surface area contributed by atoms with E-state index in [0.717, 1.165) is 5.56 Å². The molecule has 0 aromatic heterocycles. The van der Waals surface area contributed by atoms with Crippen LogP contribution < -0.4 is 10.6 Å². The van der Waals surface area contributed by atoms with Crippen molar-refractivity contribution in [1.29, 1.82) is 0 Å². The number of amides is 3. The van der Waals surface area contributed by atoms with Gasteiger partial charge in [-0.25, -0.2) is 4.79 Å². The highest BCUT2D eigenvalue weighted by Crippen LogP contribution is 2.23. The van der Waals surface area contributed by atoms with Crippen molar-refractivity contribution in [1.82, 2.24) is 15.5 Å². The van der Waals surface area contributed by atoms with E-state index in [4.69, 9.17) is 16.3 Å². The zero-order valence-electron chi connectivity index (χ0n) is 14.0. The number of carbonyl (C=O) groups is 2. The molecule has 2 rings (SSSR count). The van der Waals surface area contributed by atoms with Gasteiger partial charge in [-0.3, -0.25) is 4.79 Å². The summed E-state index contributed by atoms with van der Waals surface area (Å²) in [6.07, 6.45) is -0.151. The maximum absolute atomic E-state index is 12.2. The van der Waals surface area contributed by atoms with E-state index >= 15 is 0 Å². The lowest BCUT2D eigenvalue weighted by atomic mass is 10.1. The average molecular weight is 354 g/mol. The molecule has 24 heavy (non-hydrogen) atoms. The molecule has 1 aliphatic rings. The van der Waals surface area contributed by atoms with Crippen LogP contribution >= 0.6 is 11.6 Å². The van der Waals surface area contributed by atoms with Crippen molar-refractivity contribution in [3.63, 3.8) is 0 Å². The van der Waals surface area contributed by atoms with Crippen LogP contribution in [0.2, 0.25) is 5.02 Å². The van der Waals surface area contributed by atoms with Crippen molar-refractivity contribution in [2.45, 2.75) is 20.0 Å². The highest BCUT2D eigenvalue weighted by molar-refractivity contribution is 6.30. The van der Waals surface area contributed by atoms with Gasteiger partial charge in [0.1, 0.15) is 6.10 Å². The number of benzene rings is 1. The summed E-state index contributed by atoms with van der Waals surface area (Å²) in [4.78, 5) is 25.4. The van der Waals surface area contributed by atoms with Crippen molar-refractivity contribution >= 4 is 23.5 Å². The Morgan fingerprint density at radius 3 is 2.58 bits per heavy atom. The molecule has 0 saturated carbocycles. The second-order valence-corrected chi connectivity index (χ2v) is 6.47. The zero-order valence-corrected chi connectivity index (χ0v) is 14.8. The minimum atomic E-state index is -0.151. The molecule has 0 bridgehead atoms. The van der Waals surface area contributed by atoms with Gasteiger partial charge >= 0.3 is 6.03 Å². The topological polar surface area (TPSA) is 70.7 Å². The van der Waals surface area contributed by atoms with Gasteiger partial charge < -0.3 is 20.3 Å². The van der Waals surface area contributed by atoms with Gasteiger partial charge in [-0.1, -0.05) is 37.6 Å². The van der Waals surface area contributed by atoms with E-state index in [1.165, 1.54) is 0 Å². The number of nitrogens with one attached hydrogen (secondary N) is 2. The van der Waals surface area contributed by atoms with E-state index in [0.29, 0.717) is 37.8 Å². The van der Waals surface area contributed by atoms with Crippen LogP contribution in [0.1, 0.15) is 25.5 Å². The molecule has 1 aliphatic heterocycles. The predicted molar refractivity (Wildman–Crippen MR) is 93.0 cm³/mol. The van der Waals surface area contributed by atoms with Crippen molar-refractivity contribution in [2.75, 3.05) is 32.8 Å². The van der Waals surface area contributed by atoms with Crippen LogP contribution in [0.3, 0.4) is 0 Å². The molecule has 1 saturated heterocycles. The van der Waals surface area contributed by atoms with E-state index < -0.39 is 0 Å². The Hall–Kier alpha value is -1.79. The quantitative estimate of drug-likeness (QED) is 0.797. The number of rotatable bonds is 5. The largest absolute Gasteiger partial charge is 0.370 e. The van der Waals surface area contributed by atoms with Gasteiger partial charge in [0, 0.05) is 30.6 Å². The van der Waals surface area contributed by atoms with Gasteiger partial charge in [-0.2, -0.15) is 0 Å². The lowest BCUT2D eigenvalue weighted by Crippen LogP contribution is -2.48. The number of carbonyl (C=O) groups excluding carboxylic acids is 2. The molecule has 0 radical (unpaired) electrons. The fourth-order valence-corrected chi connectivity index (χ4v) is 2.51. The number of hydrogen-bond acceptors (Lipinski definition) is 3. The highest BCUT2D eigenvalue weighted by Gasteiger charge is 2.25. The molecular weight excluding hydrogens is 330 g/mol. The smallest absolute Gasteiger partial charge is 0.317 e. The standard InChI is InChI=1S/C17H24ClN3O3/c1-12(2)16(22)19-7-8-20-17(23)21-9-10-24-15(11-21)13-3-5-14(18)6-4-13/h3-6,12,15H,7-11H2,1-2H3,(H,19,22)(H,20,23). The Kier molecular flexibility index (Phi) is 6.87. The highest BCUT2D eigenvalue weighted by atomic mass is 35.5. The fourth-order valence-electron chi connectivity index (χ4n) is 2.38. The van der Waals surface area contributed by atoms with Crippen molar-refractivity contribution < 1.29 is 14.3 Å². The summed E-state index contributed by atoms with van der Waals surface area (Å²) in [7, 11) is 0. The van der Waals surface area contributed by atoms with Crippen molar-refractivity contribution in [3.8, 4) is 0 Å². The van der Waals surface area contributed by atoms with E-state index in [9.17, 15) is 9.59 Å². The molecule has 2 N–H and O–H groups in total. The minimum absolute atomic E-state index is 0.0153. The Bertz CT molecular complexity index is 563. The monoisotopic (exact) mass is 353 g/mol. The Labute approximate surface area is 147 Å². The van der Waals surface area contributed by atoms with Crippen LogP contribution in [0.4, 0.5) is 4.79 Å². The maximum Gasteiger partial charge on any atom is 0.317 e. The molecule has 1 atom stereocenters. The Balaban J connectivity index is 1.78. The first kappa shape index (κ1) is 18.5. The first-order valence-electron chi connectivity index (χ1n) is 8.15. The van der Waals surface area contributed by atoms with Gasteiger partial charge in [0.05, 0.1) is 13.2 Å². The van der Waals surface area contributed by atoms with Crippen LogP contribution in [0.25, 0.3) is 0 Å². The predicted octanol–water partition coefficient (Wildman–Crippen LogP) is 2.20. The SMILES string of the molecule is CC(C)C(=O)NCCNC(=O)N1CCOC(c2ccc(Cl)cc2)C1. The second-order valence-electron chi connectivity index (χ2n) is 6.03. The van der Waals surface area contributed by atoms with Gasteiger partial charge in [-0.15, -0.1) is 0 Å². The molecular formula is C17H24ClN3O3. The van der Waals surface area contributed by atoms with Crippen LogP contribution in [-0.4, -0.2) is 49.6 Å². The molecule has 1 unspecified atom stereocenters. The summed E-state index contributed by atoms with van der Waals surface area (Å²) < 4.78 is 5.75. The normalized spacial score (nSPS) is 17.7. The lowest BCUT2D eigenvalue weighted by molar-refractivity contribution is -0.123. The first-order chi connectivity index (χ1) is 11.5. The molecule has 1 aromatic carbocycles. The zero-order chi connectivity index (χ0) is 17.5. The Morgan fingerprint density at radius 2 is 1.92 bits per heavy atom. The molecule has 1 heterocycles. The Morgan fingerprint density at radius 1 is 1.25 bits per heavy atom. The van der Waals surface area contributed by atoms with Crippen LogP contribution in [0.5, 0.6) is 0 Å². The van der Waals surface area contributed by atoms with E-state index in [2.05, 4.69) is 10.6 Å². The second kappa shape index (κ2) is 8.89. The van der Waals surface area contributed by atoms with Crippen LogP contribution in [-0.2, 0) is 9.53 Å². The molecule has 7 heteroatoms. The van der Waals surface area contributed by atoms with Crippen LogP contribution in [0.15, 0.2) is 24.3 Å². The number of halogens is 1. The summed E-state index contributed by atoms with van der Waals surface area (Å²) in [6, 6.07) is 7.31. The van der Waals surface area contributed by atoms with E-state index in [1.54, 1.807) is 4.90 Å². The number of hydrogen-bond donors (Lipinski definition) is 2. The number of morpholine rings is 1. The summed E-state index contributed by atoms with van der Waals surface area (Å²) >= 11 is 5.90. The summed E-state index contributed by atoms with van der Waals surface area (Å²) in [5.41, 5.74) is 1.00. The van der Waals surface area contributed by atoms with E-state index in [-0.39, 0.29) is 24.0 Å². The molecule has 6 nitrogen and oxygen atoms in total. The third kappa shape index (κ3) is 5.39. The third-order valence-corrected chi connectivity index (χ3v) is 4.07. The summed E-state index contributed by atoms with van der Waals surface area (Å²) in [6.45, 7) is 6.02. The third-order valence-electron chi connectivity index (χ3n) is 3.82. The molecule has 1 fully saturated rings. The average Bonchev–Trinajstić information content (AvgIpc) is 2.59. The number of ether oxygens (including phenoxy) is 1. The summed E-state index contributed by atoms with van der Waals surface area (Å²) in [5, 5.41) is 6.27. The van der Waals surface area contributed by atoms with E-state index in [1.807, 2.05) is 38.1 Å². The first-order valence-corrected chi connectivity index (χ1v) is 8.52. The van der Waals surface area contributed by atoms with Gasteiger partial charge in [-0.05, 0) is 17.7 Å². The lowest BCUT2D eigenvalue weighted by Gasteiger charge is -2.33. The molecule has 0 spiro atoms. The van der Waals surface area contributed by atoms with Gasteiger partial charge in [0.2, 0.25) is 5.91 Å². The van der Waals surface area contributed by atoms with Gasteiger partial charge in [0.25, 0.3) is 0 Å². The minimum Gasteiger partial charge on any atom is -0.370 e. The van der Waals surface area contributed by atoms with Crippen molar-refractivity contribution in [3.05, 3.63) is 34.9 Å². The number of nitrogens with zero attached hydrogens (tertiary/aromatic N) is 1. The van der Waals surface area contributed by atoms with Gasteiger partial charge in [0.15, 0.2) is 0 Å². The molecule has 0 aliphatic carbocycles.